The van der Waals surface area contributed by atoms with E-state index in [0.717, 1.165) is 0 Å². The summed E-state index contributed by atoms with van der Waals surface area (Å²) in [6, 6.07) is 2.20. The van der Waals surface area contributed by atoms with E-state index >= 15 is 0 Å². The van der Waals surface area contributed by atoms with Gasteiger partial charge in [-0.05, 0) is 30.9 Å². The number of anilines is 1. The zero-order chi connectivity index (χ0) is 12.5. The van der Waals surface area contributed by atoms with Crippen LogP contribution in [0.3, 0.4) is 0 Å². The number of H-pyrrole nitrogens is 1. The molecule has 3 rings (SSSR count). The first-order chi connectivity index (χ1) is 8.74. The molecular formula is C12H14N4OS. The number of carbonyl (C=O) groups is 1. The minimum Gasteiger partial charge on any atom is -0.396 e. The largest absolute Gasteiger partial charge is 0.396 e. The first kappa shape index (κ1) is 11.3. The number of aromatic amines is 1. The molecule has 94 valence electrons. The monoisotopic (exact) mass is 262 g/mol. The molecule has 0 saturated heterocycles. The van der Waals surface area contributed by atoms with Crippen LogP contribution in [0.4, 0.5) is 5.69 Å². The Bertz CT molecular complexity index is 565. The van der Waals surface area contributed by atoms with E-state index in [1.165, 1.54) is 40.8 Å². The van der Waals surface area contributed by atoms with E-state index in [1.807, 2.05) is 0 Å². The summed E-state index contributed by atoms with van der Waals surface area (Å²) in [4.78, 5) is 14.5. The van der Waals surface area contributed by atoms with Gasteiger partial charge in [0.05, 0.1) is 18.4 Å². The van der Waals surface area contributed by atoms with Crippen molar-refractivity contribution in [1.82, 2.24) is 15.5 Å². The van der Waals surface area contributed by atoms with Gasteiger partial charge in [-0.3, -0.25) is 9.89 Å². The molecular weight excluding hydrogens is 248 g/mol. The van der Waals surface area contributed by atoms with E-state index in [-0.39, 0.29) is 5.91 Å². The van der Waals surface area contributed by atoms with Crippen molar-refractivity contribution in [2.24, 2.45) is 0 Å². The van der Waals surface area contributed by atoms with Crippen LogP contribution in [0.25, 0.3) is 0 Å². The Balaban J connectivity index is 1.64. The van der Waals surface area contributed by atoms with Crippen LogP contribution in [0, 0.1) is 0 Å². The Morgan fingerprint density at radius 1 is 1.56 bits per heavy atom. The third kappa shape index (κ3) is 1.99. The van der Waals surface area contributed by atoms with Crippen LogP contribution in [0.5, 0.6) is 0 Å². The number of carbonyl (C=O) groups excluding carboxylic acids is 1. The summed E-state index contributed by atoms with van der Waals surface area (Å²) in [6.45, 7) is 0.551. The number of nitrogens with two attached hydrogens (primary N) is 1. The number of hydrogen-bond acceptors (Lipinski definition) is 4. The van der Waals surface area contributed by atoms with E-state index < -0.39 is 0 Å². The molecule has 2 heterocycles. The first-order valence-electron chi connectivity index (χ1n) is 5.91. The fourth-order valence-corrected chi connectivity index (χ4v) is 3.41. The zero-order valence-corrected chi connectivity index (χ0v) is 10.6. The summed E-state index contributed by atoms with van der Waals surface area (Å²) in [5, 5.41) is 9.18. The van der Waals surface area contributed by atoms with Gasteiger partial charge in [0.2, 0.25) is 0 Å². The topological polar surface area (TPSA) is 83.8 Å². The highest BCUT2D eigenvalue weighted by Crippen LogP contribution is 2.30. The van der Waals surface area contributed by atoms with Gasteiger partial charge in [-0.1, -0.05) is 0 Å². The fraction of sp³-hybridized carbons (Fsp3) is 0.333. The SMILES string of the molecule is Nc1cn[nH]c1C(=O)NCc1cc2c(s1)CCC2. The van der Waals surface area contributed by atoms with Crippen molar-refractivity contribution in [1.29, 1.82) is 0 Å². The lowest BCUT2D eigenvalue weighted by Crippen LogP contribution is -2.23. The fourth-order valence-electron chi connectivity index (χ4n) is 2.21. The molecule has 0 aromatic carbocycles. The molecule has 0 aliphatic heterocycles. The molecule has 0 unspecified atom stereocenters. The lowest BCUT2D eigenvalue weighted by Gasteiger charge is -2.02. The normalized spacial score (nSPS) is 13.6. The van der Waals surface area contributed by atoms with Gasteiger partial charge < -0.3 is 11.1 Å². The lowest BCUT2D eigenvalue weighted by molar-refractivity contribution is 0.0947. The van der Waals surface area contributed by atoms with Crippen molar-refractivity contribution in [3.63, 3.8) is 0 Å². The van der Waals surface area contributed by atoms with Crippen LogP contribution in [0.1, 0.15) is 32.2 Å². The Labute approximate surface area is 108 Å². The average Bonchev–Trinajstić information content (AvgIpc) is 3.00. The molecule has 4 N–H and O–H groups in total. The van der Waals surface area contributed by atoms with Crippen molar-refractivity contribution < 1.29 is 4.79 Å². The van der Waals surface area contributed by atoms with E-state index in [2.05, 4.69) is 21.6 Å². The number of nitrogen functional groups attached to an aromatic ring is 1. The number of nitrogens with zero attached hydrogens (tertiary/aromatic N) is 1. The third-order valence-corrected chi connectivity index (χ3v) is 4.35. The molecule has 1 amide bonds. The highest BCUT2D eigenvalue weighted by atomic mass is 32.1. The molecule has 0 fully saturated rings. The number of nitrogens with one attached hydrogen (secondary N) is 2. The van der Waals surface area contributed by atoms with E-state index in [9.17, 15) is 4.79 Å². The molecule has 0 radical (unpaired) electrons. The summed E-state index contributed by atoms with van der Waals surface area (Å²) in [6.07, 6.45) is 5.06. The maximum atomic E-state index is 11.8. The van der Waals surface area contributed by atoms with Gasteiger partial charge in [-0.15, -0.1) is 11.3 Å². The highest BCUT2D eigenvalue weighted by Gasteiger charge is 2.16. The van der Waals surface area contributed by atoms with Crippen LogP contribution < -0.4 is 11.1 Å². The van der Waals surface area contributed by atoms with Gasteiger partial charge in [-0.25, -0.2) is 0 Å². The molecule has 2 aromatic heterocycles. The summed E-state index contributed by atoms with van der Waals surface area (Å²) < 4.78 is 0. The molecule has 0 atom stereocenters. The van der Waals surface area contributed by atoms with Crippen LogP contribution >= 0.6 is 11.3 Å². The third-order valence-electron chi connectivity index (χ3n) is 3.12. The van der Waals surface area contributed by atoms with Crippen LogP contribution in [-0.2, 0) is 19.4 Å². The van der Waals surface area contributed by atoms with Gasteiger partial charge in [0.1, 0.15) is 5.69 Å². The van der Waals surface area contributed by atoms with Gasteiger partial charge >= 0.3 is 0 Å². The van der Waals surface area contributed by atoms with Gasteiger partial charge in [-0.2, -0.15) is 5.10 Å². The number of hydrogen-bond donors (Lipinski definition) is 3. The molecule has 1 aliphatic rings. The average molecular weight is 262 g/mol. The second-order valence-corrected chi connectivity index (χ2v) is 5.62. The second-order valence-electron chi connectivity index (χ2n) is 4.40. The van der Waals surface area contributed by atoms with E-state index in [0.29, 0.717) is 17.9 Å². The molecule has 6 heteroatoms. The Morgan fingerprint density at radius 3 is 3.17 bits per heavy atom. The minimum atomic E-state index is -0.210. The second kappa shape index (κ2) is 4.45. The molecule has 0 bridgehead atoms. The highest BCUT2D eigenvalue weighted by molar-refractivity contribution is 7.12. The predicted octanol–water partition coefficient (Wildman–Crippen LogP) is 1.47. The number of rotatable bonds is 3. The van der Waals surface area contributed by atoms with Crippen LogP contribution in [0.15, 0.2) is 12.3 Å². The van der Waals surface area contributed by atoms with Crippen molar-refractivity contribution in [2.75, 3.05) is 5.73 Å². The van der Waals surface area contributed by atoms with Crippen molar-refractivity contribution >= 4 is 22.9 Å². The smallest absolute Gasteiger partial charge is 0.271 e. The Hall–Kier alpha value is -1.82. The molecule has 0 saturated carbocycles. The Morgan fingerprint density at radius 2 is 2.44 bits per heavy atom. The summed E-state index contributed by atoms with van der Waals surface area (Å²) in [5.41, 5.74) is 7.78. The number of thiophene rings is 1. The van der Waals surface area contributed by atoms with E-state index in [4.69, 9.17) is 5.73 Å². The quantitative estimate of drug-likeness (QED) is 0.783. The van der Waals surface area contributed by atoms with Crippen LogP contribution in [-0.4, -0.2) is 16.1 Å². The Kier molecular flexibility index (Phi) is 2.79. The lowest BCUT2D eigenvalue weighted by atomic mass is 10.2. The maximum Gasteiger partial charge on any atom is 0.271 e. The van der Waals surface area contributed by atoms with Gasteiger partial charge in [0.25, 0.3) is 5.91 Å². The molecule has 5 nitrogen and oxygen atoms in total. The summed E-state index contributed by atoms with van der Waals surface area (Å²) >= 11 is 1.79. The number of aryl methyl sites for hydroxylation is 2. The van der Waals surface area contributed by atoms with E-state index in [1.54, 1.807) is 11.3 Å². The number of aromatic nitrogens is 2. The van der Waals surface area contributed by atoms with Crippen molar-refractivity contribution in [2.45, 2.75) is 25.8 Å². The maximum absolute atomic E-state index is 11.8. The van der Waals surface area contributed by atoms with Gasteiger partial charge in [0.15, 0.2) is 0 Å². The van der Waals surface area contributed by atoms with Gasteiger partial charge in [0, 0.05) is 9.75 Å². The number of amides is 1. The summed E-state index contributed by atoms with van der Waals surface area (Å²) in [7, 11) is 0. The molecule has 2 aromatic rings. The van der Waals surface area contributed by atoms with Crippen molar-refractivity contribution in [3.05, 3.63) is 33.3 Å². The first-order valence-corrected chi connectivity index (χ1v) is 6.73. The molecule has 18 heavy (non-hydrogen) atoms. The standard InChI is InChI=1S/C12H14N4OS/c13-9-6-15-16-11(9)12(17)14-5-8-4-7-2-1-3-10(7)18-8/h4,6H,1-3,5,13H2,(H,14,17)(H,15,16). The molecule has 1 aliphatic carbocycles. The predicted molar refractivity (Wildman–Crippen MR) is 70.5 cm³/mol. The van der Waals surface area contributed by atoms with Crippen LogP contribution in [0.2, 0.25) is 0 Å². The zero-order valence-electron chi connectivity index (χ0n) is 9.82. The summed E-state index contributed by atoms with van der Waals surface area (Å²) in [5.74, 6) is -0.210. The molecule has 0 spiro atoms. The minimum absolute atomic E-state index is 0.210. The van der Waals surface area contributed by atoms with Crippen molar-refractivity contribution in [3.8, 4) is 0 Å². The number of fused-ring (bicyclic) bond motifs is 1.